The Morgan fingerprint density at radius 2 is 2.30 bits per heavy atom. The average Bonchev–Trinajstić information content (AvgIpc) is 3.25. The summed E-state index contributed by atoms with van der Waals surface area (Å²) in [5.74, 6) is 1.02. The van der Waals surface area contributed by atoms with E-state index in [0.29, 0.717) is 31.0 Å². The molecule has 8 heteroatoms. The van der Waals surface area contributed by atoms with E-state index in [2.05, 4.69) is 26.8 Å². The van der Waals surface area contributed by atoms with Gasteiger partial charge in [-0.1, -0.05) is 5.16 Å². The normalized spacial score (nSPS) is 16.7. The van der Waals surface area contributed by atoms with Crippen LogP contribution in [0, 0.1) is 11.3 Å². The van der Waals surface area contributed by atoms with Gasteiger partial charge in [0.15, 0.2) is 5.82 Å². The second-order valence-electron chi connectivity index (χ2n) is 5.49. The molecule has 2 aromatic rings. The number of hydrogen-bond donors (Lipinski definition) is 2. The Bertz CT molecular complexity index is 695. The van der Waals surface area contributed by atoms with Crippen LogP contribution in [-0.2, 0) is 23.2 Å². The number of hydrogen-bond acceptors (Lipinski definition) is 7. The van der Waals surface area contributed by atoms with Gasteiger partial charge in [-0.15, -0.1) is 0 Å². The highest BCUT2D eigenvalue weighted by molar-refractivity contribution is 5.77. The van der Waals surface area contributed by atoms with Crippen molar-refractivity contribution in [2.45, 2.75) is 31.2 Å². The molecule has 2 N–H and O–H groups in total. The Balaban J connectivity index is 1.60. The summed E-state index contributed by atoms with van der Waals surface area (Å²) < 4.78 is 10.4. The van der Waals surface area contributed by atoms with Crippen molar-refractivity contribution >= 4 is 5.91 Å². The molecule has 2 aromatic heterocycles. The number of aromatic nitrogens is 2. The molecule has 0 aliphatic carbocycles. The van der Waals surface area contributed by atoms with Gasteiger partial charge in [-0.25, -0.2) is 0 Å². The van der Waals surface area contributed by atoms with Crippen LogP contribution in [-0.4, -0.2) is 29.1 Å². The maximum Gasteiger partial charge on any atom is 0.247 e. The summed E-state index contributed by atoms with van der Waals surface area (Å²) in [5, 5.41) is 19.2. The first kappa shape index (κ1) is 15.2. The van der Waals surface area contributed by atoms with E-state index in [1.807, 2.05) is 0 Å². The lowest BCUT2D eigenvalue weighted by Gasteiger charge is -2.27. The number of carbonyl (C=O) groups is 1. The van der Waals surface area contributed by atoms with Gasteiger partial charge in [-0.05, 0) is 38.1 Å². The minimum atomic E-state index is -0.749. The van der Waals surface area contributed by atoms with Crippen LogP contribution in [0.1, 0.15) is 30.3 Å². The molecule has 0 unspecified atom stereocenters. The number of nitriles is 1. The zero-order valence-electron chi connectivity index (χ0n) is 12.5. The number of furan rings is 1. The van der Waals surface area contributed by atoms with Gasteiger partial charge in [0.05, 0.1) is 25.3 Å². The molecule has 0 radical (unpaired) electrons. The SMILES string of the molecule is N#CC1(c2nc(CC(=O)NCc3ccco3)no2)CCNCC1. The Morgan fingerprint density at radius 1 is 1.48 bits per heavy atom. The van der Waals surface area contributed by atoms with Crippen molar-refractivity contribution in [2.24, 2.45) is 0 Å². The van der Waals surface area contributed by atoms with Crippen molar-refractivity contribution in [3.8, 4) is 6.07 Å². The standard InChI is InChI=1S/C15H17N5O3/c16-10-15(3-5-17-6-4-15)14-19-12(20-23-14)8-13(21)18-9-11-2-1-7-22-11/h1-2,7,17H,3-6,8-9H2,(H,18,21). The van der Waals surface area contributed by atoms with Gasteiger partial charge < -0.3 is 19.6 Å². The molecule has 0 atom stereocenters. The smallest absolute Gasteiger partial charge is 0.247 e. The predicted molar refractivity (Wildman–Crippen MR) is 78.0 cm³/mol. The second kappa shape index (κ2) is 6.62. The number of rotatable bonds is 5. The van der Waals surface area contributed by atoms with Crippen molar-refractivity contribution in [1.29, 1.82) is 5.26 Å². The molecular formula is C15H17N5O3. The fourth-order valence-electron chi connectivity index (χ4n) is 2.55. The van der Waals surface area contributed by atoms with E-state index in [0.717, 1.165) is 13.1 Å². The molecule has 1 fully saturated rings. The Morgan fingerprint density at radius 3 is 3.00 bits per heavy atom. The second-order valence-corrected chi connectivity index (χ2v) is 5.49. The van der Waals surface area contributed by atoms with E-state index in [4.69, 9.17) is 8.94 Å². The molecule has 8 nitrogen and oxygen atoms in total. The van der Waals surface area contributed by atoms with Crippen LogP contribution in [0.15, 0.2) is 27.3 Å². The fourth-order valence-corrected chi connectivity index (χ4v) is 2.55. The minimum Gasteiger partial charge on any atom is -0.467 e. The molecule has 120 valence electrons. The third-order valence-corrected chi connectivity index (χ3v) is 3.91. The average molecular weight is 315 g/mol. The highest BCUT2D eigenvalue weighted by Crippen LogP contribution is 2.31. The Hall–Kier alpha value is -2.66. The maximum atomic E-state index is 11.9. The van der Waals surface area contributed by atoms with E-state index < -0.39 is 5.41 Å². The van der Waals surface area contributed by atoms with Crippen molar-refractivity contribution < 1.29 is 13.7 Å². The highest BCUT2D eigenvalue weighted by Gasteiger charge is 2.39. The summed E-state index contributed by atoms with van der Waals surface area (Å²) in [7, 11) is 0. The topological polar surface area (TPSA) is 117 Å². The zero-order valence-corrected chi connectivity index (χ0v) is 12.5. The van der Waals surface area contributed by atoms with Gasteiger partial charge in [0, 0.05) is 0 Å². The van der Waals surface area contributed by atoms with Crippen LogP contribution in [0.5, 0.6) is 0 Å². The van der Waals surface area contributed by atoms with E-state index in [1.54, 1.807) is 18.4 Å². The van der Waals surface area contributed by atoms with Gasteiger partial charge >= 0.3 is 0 Å². The van der Waals surface area contributed by atoms with Crippen molar-refractivity contribution in [2.75, 3.05) is 13.1 Å². The van der Waals surface area contributed by atoms with Gasteiger partial charge in [0.25, 0.3) is 0 Å². The van der Waals surface area contributed by atoms with Crippen molar-refractivity contribution in [3.63, 3.8) is 0 Å². The number of amides is 1. The quantitative estimate of drug-likeness (QED) is 0.832. The molecule has 1 saturated heterocycles. The lowest BCUT2D eigenvalue weighted by molar-refractivity contribution is -0.120. The van der Waals surface area contributed by atoms with Crippen molar-refractivity contribution in [3.05, 3.63) is 35.9 Å². The first-order chi connectivity index (χ1) is 11.2. The maximum absolute atomic E-state index is 11.9. The van der Waals surface area contributed by atoms with E-state index in [9.17, 15) is 10.1 Å². The lowest BCUT2D eigenvalue weighted by atomic mass is 9.80. The molecule has 0 bridgehead atoms. The largest absolute Gasteiger partial charge is 0.467 e. The molecule has 1 aliphatic rings. The molecule has 23 heavy (non-hydrogen) atoms. The molecular weight excluding hydrogens is 298 g/mol. The van der Waals surface area contributed by atoms with Crippen LogP contribution in [0.2, 0.25) is 0 Å². The molecule has 1 aliphatic heterocycles. The molecule has 3 rings (SSSR count). The summed E-state index contributed by atoms with van der Waals surface area (Å²) >= 11 is 0. The molecule has 3 heterocycles. The monoisotopic (exact) mass is 315 g/mol. The van der Waals surface area contributed by atoms with Crippen LogP contribution in [0.3, 0.4) is 0 Å². The summed E-state index contributed by atoms with van der Waals surface area (Å²) in [5.41, 5.74) is -0.749. The molecule has 1 amide bonds. The summed E-state index contributed by atoms with van der Waals surface area (Å²) in [6, 6.07) is 5.83. The number of piperidine rings is 1. The van der Waals surface area contributed by atoms with Gasteiger partial charge in [-0.2, -0.15) is 10.2 Å². The Kier molecular flexibility index (Phi) is 4.39. The van der Waals surface area contributed by atoms with Gasteiger partial charge in [0.2, 0.25) is 11.8 Å². The third-order valence-electron chi connectivity index (χ3n) is 3.91. The summed E-state index contributed by atoms with van der Waals surface area (Å²) in [6.45, 7) is 1.77. The number of nitrogens with zero attached hydrogens (tertiary/aromatic N) is 3. The fraction of sp³-hybridized carbons (Fsp3) is 0.467. The molecule has 0 saturated carbocycles. The molecule has 0 spiro atoms. The van der Waals surface area contributed by atoms with E-state index in [1.165, 1.54) is 0 Å². The molecule has 0 aromatic carbocycles. The number of nitrogens with one attached hydrogen (secondary N) is 2. The third kappa shape index (κ3) is 3.40. The number of carbonyl (C=O) groups excluding carboxylic acids is 1. The summed E-state index contributed by atoms with van der Waals surface area (Å²) in [4.78, 5) is 16.1. The van der Waals surface area contributed by atoms with E-state index in [-0.39, 0.29) is 18.2 Å². The van der Waals surface area contributed by atoms with Crippen LogP contribution in [0.25, 0.3) is 0 Å². The van der Waals surface area contributed by atoms with Crippen molar-refractivity contribution in [1.82, 2.24) is 20.8 Å². The first-order valence-electron chi connectivity index (χ1n) is 7.46. The first-order valence-corrected chi connectivity index (χ1v) is 7.46. The minimum absolute atomic E-state index is 0.00394. The van der Waals surface area contributed by atoms with Crippen LogP contribution < -0.4 is 10.6 Å². The lowest BCUT2D eigenvalue weighted by Crippen LogP contribution is -2.39. The Labute approximate surface area is 132 Å². The predicted octanol–water partition coefficient (Wildman–Crippen LogP) is 0.666. The highest BCUT2D eigenvalue weighted by atomic mass is 16.5. The van der Waals surface area contributed by atoms with Gasteiger partial charge in [-0.3, -0.25) is 4.79 Å². The van der Waals surface area contributed by atoms with Crippen LogP contribution >= 0.6 is 0 Å². The van der Waals surface area contributed by atoms with Crippen LogP contribution in [0.4, 0.5) is 0 Å². The zero-order chi connectivity index (χ0) is 16.1. The van der Waals surface area contributed by atoms with E-state index >= 15 is 0 Å². The van der Waals surface area contributed by atoms with Gasteiger partial charge in [0.1, 0.15) is 11.2 Å². The summed E-state index contributed by atoms with van der Waals surface area (Å²) in [6.07, 6.45) is 2.79.